The van der Waals surface area contributed by atoms with E-state index in [0.29, 0.717) is 13.1 Å². The Balaban J connectivity index is 1.40. The van der Waals surface area contributed by atoms with E-state index in [0.717, 1.165) is 36.5 Å². The Morgan fingerprint density at radius 2 is 1.73 bits per heavy atom. The fraction of sp³-hybridized carbons (Fsp3) is 0.429. The van der Waals surface area contributed by atoms with Crippen molar-refractivity contribution in [1.82, 2.24) is 9.80 Å². The smallest absolute Gasteiger partial charge is 0.193 e. The van der Waals surface area contributed by atoms with Crippen molar-refractivity contribution in [3.8, 4) is 0 Å². The van der Waals surface area contributed by atoms with Gasteiger partial charge in [-0.25, -0.2) is 16.8 Å². The van der Waals surface area contributed by atoms with E-state index < -0.39 is 31.0 Å². The number of thiophene rings is 1. The van der Waals surface area contributed by atoms with Gasteiger partial charge in [0.25, 0.3) is 0 Å². The van der Waals surface area contributed by atoms with E-state index in [1.807, 2.05) is 18.2 Å². The second-order valence-electron chi connectivity index (χ2n) is 7.81. The topological polar surface area (TPSA) is 74.8 Å². The lowest BCUT2D eigenvalue weighted by Gasteiger charge is -2.38. The van der Waals surface area contributed by atoms with Gasteiger partial charge in [0, 0.05) is 38.8 Å². The average Bonchev–Trinajstić information content (AvgIpc) is 3.38. The Morgan fingerprint density at radius 1 is 1.00 bits per heavy atom. The molecule has 0 amide bonds. The molecule has 2 saturated heterocycles. The van der Waals surface area contributed by atoms with Crippen molar-refractivity contribution < 1.29 is 16.8 Å². The van der Waals surface area contributed by atoms with Gasteiger partial charge in [-0.15, -0.1) is 11.3 Å². The van der Waals surface area contributed by atoms with Gasteiger partial charge in [0.05, 0.1) is 16.8 Å². The third-order valence-corrected chi connectivity index (χ3v) is 11.3. The van der Waals surface area contributed by atoms with Crippen LogP contribution in [0.2, 0.25) is 0 Å². The number of benzene rings is 1. The van der Waals surface area contributed by atoms with Gasteiger partial charge < -0.3 is 0 Å². The highest BCUT2D eigenvalue weighted by Crippen LogP contribution is 2.31. The highest BCUT2D eigenvalue weighted by atomic mass is 32.2. The molecule has 2 fully saturated rings. The molecule has 2 aromatic rings. The van der Waals surface area contributed by atoms with Crippen LogP contribution >= 0.6 is 11.3 Å². The van der Waals surface area contributed by atoms with Crippen molar-refractivity contribution in [2.75, 3.05) is 44.2 Å². The minimum Gasteiger partial charge on any atom is -0.297 e. The van der Waals surface area contributed by atoms with Crippen molar-refractivity contribution in [1.29, 1.82) is 0 Å². The van der Waals surface area contributed by atoms with Crippen LogP contribution in [-0.2, 0) is 19.7 Å². The summed E-state index contributed by atoms with van der Waals surface area (Å²) in [4.78, 5) is 4.37. The first-order chi connectivity index (χ1) is 14.4. The minimum absolute atomic E-state index is 0.0732. The molecule has 1 aromatic heterocycles. The van der Waals surface area contributed by atoms with Crippen LogP contribution in [-0.4, -0.2) is 82.2 Å². The van der Waals surface area contributed by atoms with E-state index in [4.69, 9.17) is 0 Å². The lowest BCUT2D eigenvalue weighted by molar-refractivity contribution is 0.113. The molecule has 2 aliphatic heterocycles. The summed E-state index contributed by atoms with van der Waals surface area (Å²) in [5.74, 6) is -0.353. The highest BCUT2D eigenvalue weighted by molar-refractivity contribution is 7.97. The van der Waals surface area contributed by atoms with Gasteiger partial charge in [0.1, 0.15) is 4.21 Å². The normalized spacial score (nSPS) is 25.7. The summed E-state index contributed by atoms with van der Waals surface area (Å²) >= 11 is 1.16. The molecule has 30 heavy (non-hydrogen) atoms. The highest BCUT2D eigenvalue weighted by Gasteiger charge is 2.48. The Morgan fingerprint density at radius 3 is 2.40 bits per heavy atom. The van der Waals surface area contributed by atoms with Crippen LogP contribution in [0.15, 0.2) is 58.1 Å². The van der Waals surface area contributed by atoms with Crippen molar-refractivity contribution >= 4 is 37.1 Å². The second kappa shape index (κ2) is 8.92. The zero-order valence-corrected chi connectivity index (χ0v) is 19.1. The van der Waals surface area contributed by atoms with Gasteiger partial charge in [-0.2, -0.15) is 0 Å². The molecule has 0 N–H and O–H groups in total. The van der Waals surface area contributed by atoms with Crippen LogP contribution in [0.25, 0.3) is 6.08 Å². The first-order valence-corrected chi connectivity index (χ1v) is 14.3. The summed E-state index contributed by atoms with van der Waals surface area (Å²) in [5.41, 5.74) is 1.16. The van der Waals surface area contributed by atoms with Crippen LogP contribution in [0, 0.1) is 0 Å². The number of rotatable bonds is 6. The summed E-state index contributed by atoms with van der Waals surface area (Å²) in [6, 6.07) is 12.9. The first-order valence-electron chi connectivity index (χ1n) is 10.0. The molecule has 0 radical (unpaired) electrons. The largest absolute Gasteiger partial charge is 0.297 e. The summed E-state index contributed by atoms with van der Waals surface area (Å²) in [5, 5.41) is 0.832. The predicted molar refractivity (Wildman–Crippen MR) is 121 cm³/mol. The maximum Gasteiger partial charge on any atom is 0.193 e. The zero-order valence-electron chi connectivity index (χ0n) is 16.6. The third kappa shape index (κ3) is 4.86. The number of hydrogen-bond acceptors (Lipinski definition) is 7. The van der Waals surface area contributed by atoms with Crippen LogP contribution in [0.4, 0.5) is 0 Å². The number of hydrogen-bond donors (Lipinski definition) is 0. The molecule has 2 atom stereocenters. The Labute approximate surface area is 182 Å². The van der Waals surface area contributed by atoms with Gasteiger partial charge in [-0.1, -0.05) is 48.6 Å². The molecule has 6 nitrogen and oxygen atoms in total. The molecule has 9 heteroatoms. The lowest BCUT2D eigenvalue weighted by Crippen LogP contribution is -2.54. The lowest BCUT2D eigenvalue weighted by atomic mass is 10.1. The fourth-order valence-corrected chi connectivity index (χ4v) is 10.2. The molecular formula is C21H26N2O4S3. The van der Waals surface area contributed by atoms with Gasteiger partial charge in [-0.05, 0) is 17.0 Å². The fourth-order valence-electron chi connectivity index (χ4n) is 4.19. The van der Waals surface area contributed by atoms with Gasteiger partial charge in [0.2, 0.25) is 0 Å². The van der Waals surface area contributed by atoms with Gasteiger partial charge in [-0.3, -0.25) is 9.80 Å². The number of nitrogens with zero attached hydrogens (tertiary/aromatic N) is 2. The van der Waals surface area contributed by atoms with Crippen molar-refractivity contribution in [2.24, 2.45) is 0 Å². The second-order valence-corrected chi connectivity index (χ2v) is 13.3. The van der Waals surface area contributed by atoms with Crippen LogP contribution < -0.4 is 0 Å². The summed E-state index contributed by atoms with van der Waals surface area (Å²) in [7, 11) is -7.02. The van der Waals surface area contributed by atoms with E-state index in [1.54, 1.807) is 17.5 Å². The van der Waals surface area contributed by atoms with Crippen molar-refractivity contribution in [3.63, 3.8) is 0 Å². The quantitative estimate of drug-likeness (QED) is 0.649. The molecular weight excluding hydrogens is 440 g/mol. The van der Waals surface area contributed by atoms with Crippen LogP contribution in [0.1, 0.15) is 5.56 Å². The average molecular weight is 467 g/mol. The van der Waals surface area contributed by atoms with Crippen molar-refractivity contribution in [2.45, 2.75) is 15.5 Å². The monoisotopic (exact) mass is 466 g/mol. The molecule has 0 spiro atoms. The van der Waals surface area contributed by atoms with E-state index in [9.17, 15) is 16.8 Å². The van der Waals surface area contributed by atoms with Crippen molar-refractivity contribution in [3.05, 3.63) is 59.5 Å². The summed E-state index contributed by atoms with van der Waals surface area (Å²) in [6.45, 7) is 3.76. The van der Waals surface area contributed by atoms with Gasteiger partial charge >= 0.3 is 0 Å². The Bertz CT molecular complexity index is 1070. The van der Waals surface area contributed by atoms with E-state index in [-0.39, 0.29) is 15.7 Å². The van der Waals surface area contributed by atoms with Crippen LogP contribution in [0.5, 0.6) is 0 Å². The van der Waals surface area contributed by atoms with E-state index in [2.05, 4.69) is 34.1 Å². The standard InChI is InChI=1S/C21H26N2O4S3/c24-29(25)16-19(20(17-29)30(26,27)21-9-5-15-28-21)23-13-11-22(12-14-23)10-4-8-18-6-2-1-3-7-18/h1-9,15,19-20H,10-14,16-17H2/t19-,20-/m0/s1. The first kappa shape index (κ1) is 21.7. The Kier molecular flexibility index (Phi) is 6.45. The molecule has 1 aromatic carbocycles. The molecule has 0 saturated carbocycles. The molecule has 0 aliphatic carbocycles. The summed E-state index contributed by atoms with van der Waals surface area (Å²) in [6.07, 6.45) is 4.23. The molecule has 4 rings (SSSR count). The number of piperazine rings is 1. The number of sulfone groups is 2. The van der Waals surface area contributed by atoms with Crippen LogP contribution in [0.3, 0.4) is 0 Å². The maximum atomic E-state index is 13.1. The molecule has 2 aliphatic rings. The zero-order chi connectivity index (χ0) is 21.2. The molecule has 0 unspecified atom stereocenters. The third-order valence-electron chi connectivity index (χ3n) is 5.80. The molecule has 0 bridgehead atoms. The maximum absolute atomic E-state index is 13.1. The molecule has 3 heterocycles. The van der Waals surface area contributed by atoms with E-state index in [1.165, 1.54) is 0 Å². The SMILES string of the molecule is O=S1(=O)C[C@H](N2CCN(CC=Cc3ccccc3)CC2)[C@@H](S(=O)(=O)c2cccs2)C1. The minimum atomic E-state index is -3.65. The van der Waals surface area contributed by atoms with E-state index >= 15 is 0 Å². The van der Waals surface area contributed by atoms with Gasteiger partial charge in [0.15, 0.2) is 19.7 Å². The predicted octanol–water partition coefficient (Wildman–Crippen LogP) is 2.02. The molecule has 162 valence electrons. The summed E-state index contributed by atoms with van der Waals surface area (Å²) < 4.78 is 51.1. The Hall–Kier alpha value is -1.52.